The van der Waals surface area contributed by atoms with Gasteiger partial charge in [0.2, 0.25) is 0 Å². The molecule has 4 nitrogen and oxygen atoms in total. The average Bonchev–Trinajstić information content (AvgIpc) is 2.54. The highest BCUT2D eigenvalue weighted by atomic mass is 16.3. The van der Waals surface area contributed by atoms with Crippen LogP contribution in [0.4, 0.5) is 0 Å². The molecule has 1 saturated heterocycles. The van der Waals surface area contributed by atoms with Crippen LogP contribution in [-0.2, 0) is 5.54 Å². The lowest BCUT2D eigenvalue weighted by Gasteiger charge is -2.41. The average molecular weight is 291 g/mol. The number of benzene rings is 1. The van der Waals surface area contributed by atoms with E-state index in [0.717, 1.165) is 45.7 Å². The van der Waals surface area contributed by atoms with Crippen LogP contribution in [0.2, 0.25) is 0 Å². The topological polar surface area (TPSA) is 38.7 Å². The Balaban J connectivity index is 2.14. The molecular formula is C17H29N3O. The molecular weight excluding hydrogens is 262 g/mol. The van der Waals surface area contributed by atoms with Crippen LogP contribution in [-0.4, -0.2) is 67.8 Å². The molecule has 1 aliphatic heterocycles. The lowest BCUT2D eigenvalue weighted by atomic mass is 9.89. The highest BCUT2D eigenvalue weighted by molar-refractivity contribution is 5.25. The van der Waals surface area contributed by atoms with Crippen molar-refractivity contribution in [3.63, 3.8) is 0 Å². The standard InChI is InChI=1S/C17H29N3O/c1-3-9-18-17(15-21,16-7-5-4-6-8-16)14-20-12-10-19(2)11-13-20/h4-8,18,21H,3,9-15H2,1-2H3. The van der Waals surface area contributed by atoms with Gasteiger partial charge in [-0.1, -0.05) is 37.3 Å². The maximum Gasteiger partial charge on any atom is 0.0797 e. The molecule has 1 atom stereocenters. The summed E-state index contributed by atoms with van der Waals surface area (Å²) < 4.78 is 0. The molecule has 0 spiro atoms. The van der Waals surface area contributed by atoms with E-state index in [1.54, 1.807) is 0 Å². The van der Waals surface area contributed by atoms with E-state index in [-0.39, 0.29) is 12.1 Å². The predicted molar refractivity (Wildman–Crippen MR) is 87.4 cm³/mol. The lowest BCUT2D eigenvalue weighted by molar-refractivity contribution is 0.0770. The normalized spacial score (nSPS) is 20.3. The quantitative estimate of drug-likeness (QED) is 0.790. The fourth-order valence-corrected chi connectivity index (χ4v) is 2.96. The van der Waals surface area contributed by atoms with Crippen LogP contribution >= 0.6 is 0 Å². The van der Waals surface area contributed by atoms with Gasteiger partial charge in [-0.05, 0) is 25.6 Å². The van der Waals surface area contributed by atoms with Gasteiger partial charge in [-0.15, -0.1) is 0 Å². The summed E-state index contributed by atoms with van der Waals surface area (Å²) in [5.74, 6) is 0. The number of hydrogen-bond donors (Lipinski definition) is 2. The van der Waals surface area contributed by atoms with Gasteiger partial charge in [-0.3, -0.25) is 4.90 Å². The first-order chi connectivity index (χ1) is 10.2. The van der Waals surface area contributed by atoms with Crippen molar-refractivity contribution in [2.24, 2.45) is 0 Å². The Bertz CT molecular complexity index is 404. The Morgan fingerprint density at radius 3 is 2.38 bits per heavy atom. The number of aliphatic hydroxyl groups is 1. The van der Waals surface area contributed by atoms with Crippen molar-refractivity contribution < 1.29 is 5.11 Å². The zero-order valence-electron chi connectivity index (χ0n) is 13.4. The molecule has 4 heteroatoms. The third kappa shape index (κ3) is 4.27. The van der Waals surface area contributed by atoms with E-state index < -0.39 is 0 Å². The van der Waals surface area contributed by atoms with E-state index >= 15 is 0 Å². The fraction of sp³-hybridized carbons (Fsp3) is 0.647. The molecule has 0 bridgehead atoms. The minimum atomic E-state index is -0.354. The van der Waals surface area contributed by atoms with Gasteiger partial charge in [0.05, 0.1) is 12.1 Å². The second-order valence-corrected chi connectivity index (χ2v) is 6.11. The van der Waals surface area contributed by atoms with Gasteiger partial charge in [0.15, 0.2) is 0 Å². The molecule has 0 radical (unpaired) electrons. The molecule has 1 fully saturated rings. The van der Waals surface area contributed by atoms with Crippen LogP contribution in [0, 0.1) is 0 Å². The molecule has 1 aromatic carbocycles. The molecule has 0 amide bonds. The predicted octanol–water partition coefficient (Wildman–Crippen LogP) is 1.12. The van der Waals surface area contributed by atoms with Crippen molar-refractivity contribution in [2.75, 3.05) is 52.9 Å². The van der Waals surface area contributed by atoms with Gasteiger partial charge in [-0.25, -0.2) is 0 Å². The zero-order chi connectivity index (χ0) is 15.1. The second-order valence-electron chi connectivity index (χ2n) is 6.11. The summed E-state index contributed by atoms with van der Waals surface area (Å²) in [5, 5.41) is 13.7. The molecule has 1 unspecified atom stereocenters. The highest BCUT2D eigenvalue weighted by Gasteiger charge is 2.33. The minimum Gasteiger partial charge on any atom is -0.394 e. The molecule has 0 saturated carbocycles. The summed E-state index contributed by atoms with van der Waals surface area (Å²) in [6.07, 6.45) is 1.07. The minimum absolute atomic E-state index is 0.128. The van der Waals surface area contributed by atoms with E-state index in [1.165, 1.54) is 5.56 Å². The molecule has 118 valence electrons. The third-order valence-electron chi connectivity index (χ3n) is 4.40. The molecule has 2 rings (SSSR count). The van der Waals surface area contributed by atoms with E-state index in [2.05, 4.69) is 53.4 Å². The summed E-state index contributed by atoms with van der Waals surface area (Å²) in [4.78, 5) is 4.82. The Morgan fingerprint density at radius 1 is 1.14 bits per heavy atom. The van der Waals surface area contributed by atoms with Crippen molar-refractivity contribution in [2.45, 2.75) is 18.9 Å². The molecule has 21 heavy (non-hydrogen) atoms. The van der Waals surface area contributed by atoms with Crippen molar-refractivity contribution in [1.29, 1.82) is 0 Å². The first-order valence-corrected chi connectivity index (χ1v) is 8.02. The van der Waals surface area contributed by atoms with E-state index in [1.807, 2.05) is 6.07 Å². The number of hydrogen-bond acceptors (Lipinski definition) is 4. The van der Waals surface area contributed by atoms with Crippen molar-refractivity contribution in [3.8, 4) is 0 Å². The number of nitrogens with zero attached hydrogens (tertiary/aromatic N) is 2. The zero-order valence-corrected chi connectivity index (χ0v) is 13.4. The van der Waals surface area contributed by atoms with E-state index in [0.29, 0.717) is 0 Å². The summed E-state index contributed by atoms with van der Waals surface area (Å²) in [7, 11) is 2.17. The summed E-state index contributed by atoms with van der Waals surface area (Å²) in [5.41, 5.74) is 0.826. The van der Waals surface area contributed by atoms with Crippen LogP contribution in [0.15, 0.2) is 30.3 Å². The maximum absolute atomic E-state index is 10.1. The molecule has 0 aromatic heterocycles. The lowest BCUT2D eigenvalue weighted by Crippen LogP contribution is -2.57. The number of nitrogens with one attached hydrogen (secondary N) is 1. The third-order valence-corrected chi connectivity index (χ3v) is 4.40. The maximum atomic E-state index is 10.1. The fourth-order valence-electron chi connectivity index (χ4n) is 2.96. The van der Waals surface area contributed by atoms with Crippen LogP contribution in [0.1, 0.15) is 18.9 Å². The molecule has 1 heterocycles. The number of likely N-dealkylation sites (N-methyl/N-ethyl adjacent to an activating group) is 1. The van der Waals surface area contributed by atoms with Crippen LogP contribution in [0.25, 0.3) is 0 Å². The smallest absolute Gasteiger partial charge is 0.0797 e. The molecule has 1 aromatic rings. The van der Waals surface area contributed by atoms with E-state index in [9.17, 15) is 5.11 Å². The van der Waals surface area contributed by atoms with E-state index in [4.69, 9.17) is 0 Å². The van der Waals surface area contributed by atoms with Gasteiger partial charge < -0.3 is 15.3 Å². The number of piperazine rings is 1. The van der Waals surface area contributed by atoms with Crippen LogP contribution in [0.5, 0.6) is 0 Å². The van der Waals surface area contributed by atoms with Crippen molar-refractivity contribution in [1.82, 2.24) is 15.1 Å². The highest BCUT2D eigenvalue weighted by Crippen LogP contribution is 2.23. The van der Waals surface area contributed by atoms with Gasteiger partial charge >= 0.3 is 0 Å². The molecule has 2 N–H and O–H groups in total. The summed E-state index contributed by atoms with van der Waals surface area (Å²) in [6.45, 7) is 8.41. The SMILES string of the molecule is CCCNC(CO)(CN1CCN(C)CC1)c1ccccc1. The molecule has 0 aliphatic carbocycles. The summed E-state index contributed by atoms with van der Waals surface area (Å²) >= 11 is 0. The Kier molecular flexibility index (Phi) is 6.18. The van der Waals surface area contributed by atoms with Gasteiger partial charge in [0, 0.05) is 32.7 Å². The molecule has 1 aliphatic rings. The van der Waals surface area contributed by atoms with Crippen molar-refractivity contribution in [3.05, 3.63) is 35.9 Å². The first kappa shape index (κ1) is 16.4. The van der Waals surface area contributed by atoms with Crippen molar-refractivity contribution >= 4 is 0 Å². The Hall–Kier alpha value is -0.940. The monoisotopic (exact) mass is 291 g/mol. The van der Waals surface area contributed by atoms with Gasteiger partial charge in [-0.2, -0.15) is 0 Å². The summed E-state index contributed by atoms with van der Waals surface area (Å²) in [6, 6.07) is 10.4. The Labute approximate surface area is 128 Å². The van der Waals surface area contributed by atoms with Gasteiger partial charge in [0.25, 0.3) is 0 Å². The second kappa shape index (κ2) is 7.90. The van der Waals surface area contributed by atoms with Crippen LogP contribution < -0.4 is 5.32 Å². The Morgan fingerprint density at radius 2 is 1.81 bits per heavy atom. The largest absolute Gasteiger partial charge is 0.394 e. The van der Waals surface area contributed by atoms with Crippen LogP contribution in [0.3, 0.4) is 0 Å². The first-order valence-electron chi connectivity index (χ1n) is 8.02. The number of aliphatic hydroxyl groups excluding tert-OH is 1. The number of rotatable bonds is 7. The van der Waals surface area contributed by atoms with Gasteiger partial charge in [0.1, 0.15) is 0 Å².